The van der Waals surface area contributed by atoms with Crippen LogP contribution in [0.15, 0.2) is 30.3 Å². The van der Waals surface area contributed by atoms with Crippen molar-refractivity contribution in [1.29, 1.82) is 0 Å². The highest BCUT2D eigenvalue weighted by molar-refractivity contribution is 5.92. The monoisotopic (exact) mass is 288 g/mol. The molecule has 7 nitrogen and oxygen atoms in total. The van der Waals surface area contributed by atoms with Crippen molar-refractivity contribution in [3.8, 4) is 11.3 Å². The van der Waals surface area contributed by atoms with Crippen LogP contribution >= 0.6 is 0 Å². The second-order valence-electron chi connectivity index (χ2n) is 4.46. The molecular formula is C14H16N4O3. The van der Waals surface area contributed by atoms with E-state index in [1.54, 1.807) is 19.2 Å². The van der Waals surface area contributed by atoms with Crippen LogP contribution < -0.4 is 5.32 Å². The first-order valence-corrected chi connectivity index (χ1v) is 6.56. The molecule has 0 unspecified atom stereocenters. The van der Waals surface area contributed by atoms with E-state index in [0.29, 0.717) is 25.1 Å². The number of rotatable bonds is 6. The van der Waals surface area contributed by atoms with E-state index in [1.807, 2.05) is 18.2 Å². The summed E-state index contributed by atoms with van der Waals surface area (Å²) in [4.78, 5) is 22.5. The van der Waals surface area contributed by atoms with E-state index in [4.69, 9.17) is 0 Å². The van der Waals surface area contributed by atoms with Gasteiger partial charge in [0.1, 0.15) is 5.69 Å². The normalized spacial score (nSPS) is 10.3. The molecule has 0 aliphatic rings. The third-order valence-corrected chi connectivity index (χ3v) is 3.04. The Labute approximate surface area is 121 Å². The van der Waals surface area contributed by atoms with Crippen molar-refractivity contribution in [2.45, 2.75) is 19.4 Å². The number of amides is 1. The number of carboxylic acids is 1. The maximum atomic E-state index is 11.3. The lowest BCUT2D eigenvalue weighted by molar-refractivity contribution is -0.120. The highest BCUT2D eigenvalue weighted by atomic mass is 16.4. The molecule has 0 aliphatic carbocycles. The predicted octanol–water partition coefficient (Wildman–Crippen LogP) is 1.17. The molecule has 0 aliphatic heterocycles. The molecule has 0 saturated heterocycles. The first-order chi connectivity index (χ1) is 10.1. The summed E-state index contributed by atoms with van der Waals surface area (Å²) in [6.45, 7) is 0.428. The van der Waals surface area contributed by atoms with Gasteiger partial charge in [-0.1, -0.05) is 35.5 Å². The summed E-state index contributed by atoms with van der Waals surface area (Å²) in [5.74, 6) is -1.18. The molecule has 1 heterocycles. The molecule has 1 aromatic heterocycles. The fraction of sp³-hybridized carbons (Fsp3) is 0.286. The molecular weight excluding hydrogens is 272 g/mol. The Morgan fingerprint density at radius 1 is 1.29 bits per heavy atom. The number of hydrogen-bond donors (Lipinski definition) is 2. The summed E-state index contributed by atoms with van der Waals surface area (Å²) < 4.78 is 1.53. The molecule has 0 spiro atoms. The average Bonchev–Trinajstić information content (AvgIpc) is 2.92. The van der Waals surface area contributed by atoms with Crippen LogP contribution in [0.2, 0.25) is 0 Å². The van der Waals surface area contributed by atoms with Gasteiger partial charge in [-0.2, -0.15) is 0 Å². The summed E-state index contributed by atoms with van der Waals surface area (Å²) >= 11 is 0. The van der Waals surface area contributed by atoms with Crippen molar-refractivity contribution in [2.24, 2.45) is 0 Å². The molecule has 1 amide bonds. The van der Waals surface area contributed by atoms with Gasteiger partial charge in [0.05, 0.1) is 0 Å². The maximum Gasteiger partial charge on any atom is 0.358 e. The minimum Gasteiger partial charge on any atom is -0.476 e. The number of aromatic carboxylic acids is 1. The fourth-order valence-corrected chi connectivity index (χ4v) is 2.01. The zero-order valence-corrected chi connectivity index (χ0v) is 11.6. The van der Waals surface area contributed by atoms with Gasteiger partial charge in [0.2, 0.25) is 5.91 Å². The molecule has 7 heteroatoms. The smallest absolute Gasteiger partial charge is 0.358 e. The summed E-state index contributed by atoms with van der Waals surface area (Å²) in [7, 11) is 1.58. The average molecular weight is 288 g/mol. The van der Waals surface area contributed by atoms with Crippen LogP contribution in [0.25, 0.3) is 11.3 Å². The first kappa shape index (κ1) is 14.7. The van der Waals surface area contributed by atoms with Crippen molar-refractivity contribution in [3.05, 3.63) is 36.0 Å². The molecule has 2 N–H and O–H groups in total. The maximum absolute atomic E-state index is 11.3. The van der Waals surface area contributed by atoms with Gasteiger partial charge in [-0.25, -0.2) is 9.48 Å². The Balaban J connectivity index is 2.26. The Morgan fingerprint density at radius 3 is 2.62 bits per heavy atom. The van der Waals surface area contributed by atoms with Gasteiger partial charge >= 0.3 is 5.97 Å². The number of carboxylic acid groups (broad SMARTS) is 1. The van der Waals surface area contributed by atoms with Crippen LogP contribution in [-0.4, -0.2) is 39.0 Å². The van der Waals surface area contributed by atoms with Crippen LogP contribution in [0.4, 0.5) is 0 Å². The van der Waals surface area contributed by atoms with Crippen LogP contribution in [0.1, 0.15) is 23.3 Å². The minimum absolute atomic E-state index is 0.0603. The van der Waals surface area contributed by atoms with E-state index in [-0.39, 0.29) is 11.6 Å². The van der Waals surface area contributed by atoms with Crippen molar-refractivity contribution in [3.63, 3.8) is 0 Å². The number of carbonyl (C=O) groups is 2. The van der Waals surface area contributed by atoms with E-state index in [0.717, 1.165) is 5.56 Å². The largest absolute Gasteiger partial charge is 0.476 e. The van der Waals surface area contributed by atoms with Crippen molar-refractivity contribution >= 4 is 11.9 Å². The number of aryl methyl sites for hydroxylation is 1. The molecule has 0 fully saturated rings. The quantitative estimate of drug-likeness (QED) is 0.831. The summed E-state index contributed by atoms with van der Waals surface area (Å²) in [5, 5.41) is 19.4. The molecule has 2 aromatic rings. The number of benzene rings is 1. The number of carbonyl (C=O) groups excluding carboxylic acids is 1. The third kappa shape index (κ3) is 3.44. The Hall–Kier alpha value is -2.70. The summed E-state index contributed by atoms with van der Waals surface area (Å²) in [6, 6.07) is 9.11. The van der Waals surface area contributed by atoms with E-state index >= 15 is 0 Å². The highest BCUT2D eigenvalue weighted by Crippen LogP contribution is 2.22. The van der Waals surface area contributed by atoms with E-state index in [1.165, 1.54) is 4.68 Å². The molecule has 1 aromatic carbocycles. The predicted molar refractivity (Wildman–Crippen MR) is 75.7 cm³/mol. The van der Waals surface area contributed by atoms with E-state index in [9.17, 15) is 14.7 Å². The van der Waals surface area contributed by atoms with Crippen LogP contribution in [-0.2, 0) is 11.3 Å². The van der Waals surface area contributed by atoms with Gasteiger partial charge in [0.15, 0.2) is 5.69 Å². The Bertz CT molecular complexity index is 637. The first-order valence-electron chi connectivity index (χ1n) is 6.56. The van der Waals surface area contributed by atoms with Crippen molar-refractivity contribution in [2.75, 3.05) is 7.05 Å². The second-order valence-corrected chi connectivity index (χ2v) is 4.46. The zero-order chi connectivity index (χ0) is 15.2. The molecule has 0 saturated carbocycles. The van der Waals surface area contributed by atoms with E-state index in [2.05, 4.69) is 15.6 Å². The summed E-state index contributed by atoms with van der Waals surface area (Å²) in [6.07, 6.45) is 0.912. The number of nitrogens with one attached hydrogen (secondary N) is 1. The topological polar surface area (TPSA) is 97.1 Å². The van der Waals surface area contributed by atoms with Gasteiger partial charge in [0, 0.05) is 25.6 Å². The number of hydrogen-bond acceptors (Lipinski definition) is 4. The van der Waals surface area contributed by atoms with Crippen LogP contribution in [0, 0.1) is 0 Å². The number of nitrogens with zero attached hydrogens (tertiary/aromatic N) is 3. The zero-order valence-electron chi connectivity index (χ0n) is 11.6. The molecule has 21 heavy (non-hydrogen) atoms. The second kappa shape index (κ2) is 6.65. The number of aromatic nitrogens is 3. The van der Waals surface area contributed by atoms with Gasteiger partial charge in [0.25, 0.3) is 0 Å². The molecule has 0 radical (unpaired) electrons. The third-order valence-electron chi connectivity index (χ3n) is 3.04. The van der Waals surface area contributed by atoms with Gasteiger partial charge in [-0.3, -0.25) is 4.79 Å². The van der Waals surface area contributed by atoms with E-state index < -0.39 is 5.97 Å². The molecule has 0 atom stereocenters. The van der Waals surface area contributed by atoms with Gasteiger partial charge in [-0.05, 0) is 6.42 Å². The Morgan fingerprint density at radius 2 is 2.00 bits per heavy atom. The fourth-order valence-electron chi connectivity index (χ4n) is 2.01. The summed E-state index contributed by atoms with van der Waals surface area (Å²) in [5.41, 5.74) is 1.11. The lowest BCUT2D eigenvalue weighted by atomic mass is 10.1. The van der Waals surface area contributed by atoms with Gasteiger partial charge < -0.3 is 10.4 Å². The SMILES string of the molecule is CNC(=O)CCCn1nnc(C(=O)O)c1-c1ccccc1. The molecule has 0 bridgehead atoms. The van der Waals surface area contributed by atoms with Crippen molar-refractivity contribution < 1.29 is 14.7 Å². The standard InChI is InChI=1S/C14H16N4O3/c1-15-11(19)8-5-9-18-13(10-6-3-2-4-7-10)12(14(20)21)16-17-18/h2-4,6-7H,5,8-9H2,1H3,(H,15,19)(H,20,21). The Kier molecular flexibility index (Phi) is 4.65. The molecule has 2 rings (SSSR count). The lowest BCUT2D eigenvalue weighted by Gasteiger charge is -2.07. The highest BCUT2D eigenvalue weighted by Gasteiger charge is 2.20. The minimum atomic E-state index is -1.12. The lowest BCUT2D eigenvalue weighted by Crippen LogP contribution is -2.18. The van der Waals surface area contributed by atoms with Crippen LogP contribution in [0.5, 0.6) is 0 Å². The molecule has 110 valence electrons. The van der Waals surface area contributed by atoms with Crippen molar-refractivity contribution in [1.82, 2.24) is 20.3 Å². The van der Waals surface area contributed by atoms with Gasteiger partial charge in [-0.15, -0.1) is 5.10 Å². The van der Waals surface area contributed by atoms with Crippen LogP contribution in [0.3, 0.4) is 0 Å².